The molecule has 2 rings (SSSR count). The lowest BCUT2D eigenvalue weighted by molar-refractivity contribution is 0.177. The molecule has 0 radical (unpaired) electrons. The number of aromatic amines is 1. The second-order valence-electron chi connectivity index (χ2n) is 3.30. The Kier molecular flexibility index (Phi) is 3.06. The standard InChI is InChI=1S/C9H10N4O4S/c1-17-9(14)13-18(15,16)12-8-10-6-4-2-3-5-7(6)11-8/h2-5H,1H3,(H,13,14)(H2,10,11,12). The number of anilines is 1. The molecular weight excluding hydrogens is 260 g/mol. The van der Waals surface area contributed by atoms with Crippen LogP contribution in [-0.2, 0) is 14.9 Å². The van der Waals surface area contributed by atoms with E-state index in [1.807, 2.05) is 0 Å². The number of rotatable bonds is 3. The predicted molar refractivity (Wildman–Crippen MR) is 64.2 cm³/mol. The molecule has 0 saturated heterocycles. The van der Waals surface area contributed by atoms with Crippen molar-refractivity contribution < 1.29 is 17.9 Å². The van der Waals surface area contributed by atoms with Crippen LogP contribution in [0, 0.1) is 0 Å². The maximum Gasteiger partial charge on any atom is 0.422 e. The number of fused-ring (bicyclic) bond motifs is 1. The molecule has 0 bridgehead atoms. The van der Waals surface area contributed by atoms with E-state index in [9.17, 15) is 13.2 Å². The van der Waals surface area contributed by atoms with Gasteiger partial charge in [-0.3, -0.25) is 0 Å². The number of carbonyl (C=O) groups excluding carboxylic acids is 1. The predicted octanol–water partition coefficient (Wildman–Crippen LogP) is 0.576. The SMILES string of the molecule is COC(=O)NS(=O)(=O)Nc1nc2ccccc2[nH]1. The highest BCUT2D eigenvalue weighted by atomic mass is 32.2. The highest BCUT2D eigenvalue weighted by Gasteiger charge is 2.16. The fourth-order valence-corrected chi connectivity index (χ4v) is 2.01. The van der Waals surface area contributed by atoms with E-state index in [1.165, 1.54) is 0 Å². The van der Waals surface area contributed by atoms with Crippen LogP contribution in [0.1, 0.15) is 0 Å². The van der Waals surface area contributed by atoms with Crippen LogP contribution in [-0.4, -0.2) is 31.6 Å². The van der Waals surface area contributed by atoms with Gasteiger partial charge in [0.25, 0.3) is 0 Å². The molecule has 18 heavy (non-hydrogen) atoms. The van der Waals surface area contributed by atoms with Crippen LogP contribution in [0.25, 0.3) is 11.0 Å². The molecule has 0 aliphatic heterocycles. The van der Waals surface area contributed by atoms with Crippen molar-refractivity contribution in [2.24, 2.45) is 0 Å². The monoisotopic (exact) mass is 270 g/mol. The number of hydrogen-bond donors (Lipinski definition) is 3. The zero-order chi connectivity index (χ0) is 13.2. The van der Waals surface area contributed by atoms with E-state index in [4.69, 9.17) is 0 Å². The third kappa shape index (κ3) is 2.69. The van der Waals surface area contributed by atoms with E-state index >= 15 is 0 Å². The Balaban J connectivity index is 2.20. The summed E-state index contributed by atoms with van der Waals surface area (Å²) in [6.45, 7) is 0. The maximum absolute atomic E-state index is 11.5. The van der Waals surface area contributed by atoms with Gasteiger partial charge in [0.2, 0.25) is 5.95 Å². The molecule has 0 unspecified atom stereocenters. The average Bonchev–Trinajstić information content (AvgIpc) is 2.68. The Morgan fingerprint density at radius 1 is 1.39 bits per heavy atom. The number of ether oxygens (including phenoxy) is 1. The average molecular weight is 270 g/mol. The van der Waals surface area contributed by atoms with Gasteiger partial charge >= 0.3 is 16.3 Å². The lowest BCUT2D eigenvalue weighted by Gasteiger charge is -2.05. The van der Waals surface area contributed by atoms with E-state index in [-0.39, 0.29) is 5.95 Å². The summed E-state index contributed by atoms with van der Waals surface area (Å²) in [6, 6.07) is 7.02. The summed E-state index contributed by atoms with van der Waals surface area (Å²) in [5.41, 5.74) is 1.28. The molecule has 0 fully saturated rings. The number of amides is 1. The summed E-state index contributed by atoms with van der Waals surface area (Å²) in [5.74, 6) is 0.00704. The van der Waals surface area contributed by atoms with Gasteiger partial charge in [-0.15, -0.1) is 0 Å². The Hall–Kier alpha value is -2.29. The van der Waals surface area contributed by atoms with Crippen LogP contribution in [0.4, 0.5) is 10.7 Å². The van der Waals surface area contributed by atoms with E-state index in [2.05, 4.69) is 19.4 Å². The summed E-state index contributed by atoms with van der Waals surface area (Å²) in [7, 11) is -3.00. The maximum atomic E-state index is 11.5. The first-order valence-corrected chi connectivity index (χ1v) is 6.32. The van der Waals surface area contributed by atoms with Crippen LogP contribution in [0.5, 0.6) is 0 Å². The van der Waals surface area contributed by atoms with E-state index in [1.54, 1.807) is 29.0 Å². The molecule has 8 nitrogen and oxygen atoms in total. The molecule has 1 heterocycles. The number of aromatic nitrogens is 2. The first-order valence-electron chi connectivity index (χ1n) is 4.83. The van der Waals surface area contributed by atoms with Crippen molar-refractivity contribution in [1.29, 1.82) is 0 Å². The molecule has 0 spiro atoms. The number of nitrogens with one attached hydrogen (secondary N) is 3. The van der Waals surface area contributed by atoms with E-state index in [0.717, 1.165) is 7.11 Å². The molecule has 0 saturated carbocycles. The Morgan fingerprint density at radius 3 is 2.78 bits per heavy atom. The summed E-state index contributed by atoms with van der Waals surface area (Å²) < 4.78 is 30.8. The number of hydrogen-bond acceptors (Lipinski definition) is 5. The summed E-state index contributed by atoms with van der Waals surface area (Å²) in [4.78, 5) is 17.5. The number of methoxy groups -OCH3 is 1. The van der Waals surface area contributed by atoms with Crippen molar-refractivity contribution in [1.82, 2.24) is 14.7 Å². The highest BCUT2D eigenvalue weighted by molar-refractivity contribution is 7.91. The fraction of sp³-hybridized carbons (Fsp3) is 0.111. The molecule has 3 N–H and O–H groups in total. The van der Waals surface area contributed by atoms with Gasteiger partial charge < -0.3 is 9.72 Å². The second kappa shape index (κ2) is 4.53. The second-order valence-corrected chi connectivity index (χ2v) is 4.72. The van der Waals surface area contributed by atoms with Gasteiger partial charge in [-0.1, -0.05) is 12.1 Å². The van der Waals surface area contributed by atoms with E-state index in [0.29, 0.717) is 11.0 Å². The summed E-state index contributed by atoms with van der Waals surface area (Å²) >= 11 is 0. The Labute approximate surface area is 103 Å². The lowest BCUT2D eigenvalue weighted by atomic mass is 10.3. The van der Waals surface area contributed by atoms with Gasteiger partial charge in [-0.05, 0) is 12.1 Å². The first-order chi connectivity index (χ1) is 8.50. The topological polar surface area (TPSA) is 113 Å². The highest BCUT2D eigenvalue weighted by Crippen LogP contribution is 2.13. The quantitative estimate of drug-likeness (QED) is 0.754. The largest absolute Gasteiger partial charge is 0.452 e. The van der Waals surface area contributed by atoms with Crippen molar-refractivity contribution >= 4 is 33.3 Å². The van der Waals surface area contributed by atoms with Crippen molar-refractivity contribution in [2.45, 2.75) is 0 Å². The minimum absolute atomic E-state index is 0.00704. The van der Waals surface area contributed by atoms with Crippen LogP contribution in [0.15, 0.2) is 24.3 Å². The van der Waals surface area contributed by atoms with Crippen LogP contribution < -0.4 is 9.44 Å². The Morgan fingerprint density at radius 2 is 2.11 bits per heavy atom. The molecule has 0 aliphatic carbocycles. The molecule has 2 aromatic rings. The number of H-pyrrole nitrogens is 1. The molecule has 96 valence electrons. The number of carbonyl (C=O) groups is 1. The lowest BCUT2D eigenvalue weighted by Crippen LogP contribution is -2.35. The summed E-state index contributed by atoms with van der Waals surface area (Å²) in [5, 5.41) is 0. The molecule has 0 aliphatic rings. The van der Waals surface area contributed by atoms with Crippen LogP contribution >= 0.6 is 0 Å². The van der Waals surface area contributed by atoms with Crippen molar-refractivity contribution in [3.05, 3.63) is 24.3 Å². The normalized spacial score (nSPS) is 11.2. The van der Waals surface area contributed by atoms with Crippen molar-refractivity contribution in [2.75, 3.05) is 11.8 Å². The number of imidazole rings is 1. The van der Waals surface area contributed by atoms with Crippen molar-refractivity contribution in [3.63, 3.8) is 0 Å². The third-order valence-electron chi connectivity index (χ3n) is 2.02. The zero-order valence-corrected chi connectivity index (χ0v) is 10.1. The smallest absolute Gasteiger partial charge is 0.422 e. The minimum Gasteiger partial charge on any atom is -0.452 e. The zero-order valence-electron chi connectivity index (χ0n) is 9.30. The van der Waals surface area contributed by atoms with Gasteiger partial charge in [-0.25, -0.2) is 19.2 Å². The molecule has 0 atom stereocenters. The van der Waals surface area contributed by atoms with Gasteiger partial charge in [0.05, 0.1) is 18.1 Å². The molecule has 1 aromatic carbocycles. The Bertz CT molecular complexity index is 646. The van der Waals surface area contributed by atoms with Crippen molar-refractivity contribution in [3.8, 4) is 0 Å². The van der Waals surface area contributed by atoms with Gasteiger partial charge in [0.15, 0.2) is 0 Å². The van der Waals surface area contributed by atoms with Crippen LogP contribution in [0.3, 0.4) is 0 Å². The first kappa shape index (κ1) is 12.2. The summed E-state index contributed by atoms with van der Waals surface area (Å²) in [6.07, 6.45) is -1.08. The molecule has 1 amide bonds. The van der Waals surface area contributed by atoms with Gasteiger partial charge in [0, 0.05) is 0 Å². The number of benzene rings is 1. The molecule has 1 aromatic heterocycles. The molecular formula is C9H10N4O4S. The molecule has 9 heteroatoms. The minimum atomic E-state index is -4.06. The number of nitrogens with zero attached hydrogens (tertiary/aromatic N) is 1. The fourth-order valence-electron chi connectivity index (χ4n) is 1.31. The van der Waals surface area contributed by atoms with E-state index < -0.39 is 16.3 Å². The van der Waals surface area contributed by atoms with Gasteiger partial charge in [-0.2, -0.15) is 8.42 Å². The van der Waals surface area contributed by atoms with Crippen LogP contribution in [0.2, 0.25) is 0 Å². The van der Waals surface area contributed by atoms with Gasteiger partial charge in [0.1, 0.15) is 0 Å². The number of para-hydroxylation sites is 2. The third-order valence-corrected chi connectivity index (χ3v) is 2.92.